The van der Waals surface area contributed by atoms with E-state index in [0.29, 0.717) is 0 Å². The van der Waals surface area contributed by atoms with Crippen LogP contribution >= 0.6 is 0 Å². The van der Waals surface area contributed by atoms with Crippen LogP contribution in [-0.2, 0) is 0 Å². The summed E-state index contributed by atoms with van der Waals surface area (Å²) in [5, 5.41) is 3.52. The lowest BCUT2D eigenvalue weighted by Crippen LogP contribution is -2.43. The normalized spacial score (nSPS) is 30.0. The molecule has 0 radical (unpaired) electrons. The van der Waals surface area contributed by atoms with Crippen molar-refractivity contribution in [2.75, 3.05) is 32.7 Å². The van der Waals surface area contributed by atoms with Crippen LogP contribution in [0.15, 0.2) is 0 Å². The summed E-state index contributed by atoms with van der Waals surface area (Å²) in [4.78, 5) is 5.63. The molecule has 3 aliphatic rings. The third-order valence-corrected chi connectivity index (χ3v) is 5.88. The maximum absolute atomic E-state index is 3.52. The Balaban J connectivity index is 1.55. The van der Waals surface area contributed by atoms with Gasteiger partial charge in [0.05, 0.1) is 0 Å². The highest BCUT2D eigenvalue weighted by molar-refractivity contribution is 4.91. The Bertz CT molecular complexity index is 308. The molecule has 3 rings (SSSR count). The topological polar surface area (TPSA) is 18.5 Å². The Hall–Kier alpha value is -0.120. The van der Waals surface area contributed by atoms with Gasteiger partial charge in [0.1, 0.15) is 0 Å². The molecular formula is C18H35N3. The minimum Gasteiger partial charge on any atom is -0.317 e. The van der Waals surface area contributed by atoms with Gasteiger partial charge in [0.25, 0.3) is 0 Å². The highest BCUT2D eigenvalue weighted by Gasteiger charge is 2.36. The fourth-order valence-corrected chi connectivity index (χ4v) is 4.31. The number of hydrogen-bond donors (Lipinski definition) is 1. The van der Waals surface area contributed by atoms with Crippen LogP contribution in [0, 0.1) is 5.92 Å². The summed E-state index contributed by atoms with van der Waals surface area (Å²) in [5.41, 5.74) is 0. The Morgan fingerprint density at radius 1 is 0.952 bits per heavy atom. The lowest BCUT2D eigenvalue weighted by atomic mass is 9.95. The van der Waals surface area contributed by atoms with Gasteiger partial charge in [0, 0.05) is 24.7 Å². The van der Waals surface area contributed by atoms with Crippen molar-refractivity contribution < 1.29 is 0 Å². The van der Waals surface area contributed by atoms with Crippen LogP contribution in [-0.4, -0.2) is 60.6 Å². The van der Waals surface area contributed by atoms with E-state index in [-0.39, 0.29) is 0 Å². The highest BCUT2D eigenvalue weighted by Crippen LogP contribution is 2.33. The predicted octanol–water partition coefficient (Wildman–Crippen LogP) is 2.71. The van der Waals surface area contributed by atoms with Crippen molar-refractivity contribution in [2.45, 2.75) is 76.9 Å². The van der Waals surface area contributed by atoms with Gasteiger partial charge in [0.2, 0.25) is 0 Å². The Morgan fingerprint density at radius 2 is 1.67 bits per heavy atom. The second-order valence-electron chi connectivity index (χ2n) is 7.84. The van der Waals surface area contributed by atoms with Gasteiger partial charge >= 0.3 is 0 Å². The van der Waals surface area contributed by atoms with E-state index < -0.39 is 0 Å². The lowest BCUT2D eigenvalue weighted by molar-refractivity contribution is 0.128. The molecule has 2 aliphatic heterocycles. The third kappa shape index (κ3) is 4.43. The zero-order chi connectivity index (χ0) is 14.7. The van der Waals surface area contributed by atoms with Crippen molar-refractivity contribution in [3.8, 4) is 0 Å². The van der Waals surface area contributed by atoms with Gasteiger partial charge in [-0.25, -0.2) is 0 Å². The number of likely N-dealkylation sites (tertiary alicyclic amines) is 1. The molecule has 21 heavy (non-hydrogen) atoms. The first kappa shape index (κ1) is 15.8. The number of piperidine rings is 1. The molecule has 1 aliphatic carbocycles. The van der Waals surface area contributed by atoms with Crippen molar-refractivity contribution in [3.63, 3.8) is 0 Å². The molecule has 0 aromatic heterocycles. The van der Waals surface area contributed by atoms with Crippen LogP contribution in [0.3, 0.4) is 0 Å². The molecule has 0 aromatic rings. The molecule has 2 saturated heterocycles. The molecule has 1 N–H and O–H groups in total. The van der Waals surface area contributed by atoms with E-state index in [9.17, 15) is 0 Å². The average Bonchev–Trinajstić information content (AvgIpc) is 3.32. The molecule has 1 atom stereocenters. The predicted molar refractivity (Wildman–Crippen MR) is 89.7 cm³/mol. The molecule has 1 unspecified atom stereocenters. The molecule has 1 saturated carbocycles. The summed E-state index contributed by atoms with van der Waals surface area (Å²) in [6.07, 6.45) is 9.97. The van der Waals surface area contributed by atoms with Crippen LogP contribution in [0.1, 0.15) is 58.8 Å². The summed E-state index contributed by atoms with van der Waals surface area (Å²) in [6.45, 7) is 11.2. The average molecular weight is 293 g/mol. The monoisotopic (exact) mass is 293 g/mol. The first-order valence-electron chi connectivity index (χ1n) is 9.44. The van der Waals surface area contributed by atoms with Crippen molar-refractivity contribution in [1.82, 2.24) is 15.1 Å². The van der Waals surface area contributed by atoms with Gasteiger partial charge in [-0.2, -0.15) is 0 Å². The van der Waals surface area contributed by atoms with E-state index in [1.165, 1.54) is 77.7 Å². The fourth-order valence-electron chi connectivity index (χ4n) is 4.31. The minimum absolute atomic E-state index is 0.725. The summed E-state index contributed by atoms with van der Waals surface area (Å²) < 4.78 is 0. The molecule has 0 bridgehead atoms. The van der Waals surface area contributed by atoms with E-state index in [4.69, 9.17) is 0 Å². The molecule has 0 aromatic carbocycles. The van der Waals surface area contributed by atoms with Crippen LogP contribution in [0.25, 0.3) is 0 Å². The standard InChI is InChI=1S/C18H35N3/c1-15(2)20-12-3-4-17(9-13-20)21(18-5-6-18)14-16-7-10-19-11-8-16/h15-19H,3-14H2,1-2H3. The van der Waals surface area contributed by atoms with E-state index in [1.807, 2.05) is 0 Å². The molecule has 2 heterocycles. The maximum Gasteiger partial charge on any atom is 0.0111 e. The maximum atomic E-state index is 3.52. The highest BCUT2D eigenvalue weighted by atomic mass is 15.2. The Kier molecular flexibility index (Phi) is 5.58. The molecule has 0 amide bonds. The van der Waals surface area contributed by atoms with Crippen LogP contribution in [0.2, 0.25) is 0 Å². The van der Waals surface area contributed by atoms with Crippen LogP contribution in [0.5, 0.6) is 0 Å². The van der Waals surface area contributed by atoms with Crippen molar-refractivity contribution in [2.24, 2.45) is 5.92 Å². The molecule has 122 valence electrons. The molecule has 3 fully saturated rings. The van der Waals surface area contributed by atoms with Crippen LogP contribution in [0.4, 0.5) is 0 Å². The fraction of sp³-hybridized carbons (Fsp3) is 1.00. The van der Waals surface area contributed by atoms with Crippen molar-refractivity contribution >= 4 is 0 Å². The van der Waals surface area contributed by atoms with E-state index >= 15 is 0 Å². The zero-order valence-corrected chi connectivity index (χ0v) is 14.2. The smallest absolute Gasteiger partial charge is 0.0111 e. The molecule has 3 nitrogen and oxygen atoms in total. The SMILES string of the molecule is CC(C)N1CCCC(N(CC2CCNCC2)C2CC2)CC1. The molecule has 0 spiro atoms. The quantitative estimate of drug-likeness (QED) is 0.841. The lowest BCUT2D eigenvalue weighted by Gasteiger charge is -2.36. The van der Waals surface area contributed by atoms with Gasteiger partial charge in [-0.3, -0.25) is 4.90 Å². The van der Waals surface area contributed by atoms with E-state index in [1.54, 1.807) is 0 Å². The van der Waals surface area contributed by atoms with Gasteiger partial charge in [-0.15, -0.1) is 0 Å². The third-order valence-electron chi connectivity index (χ3n) is 5.88. The van der Waals surface area contributed by atoms with Gasteiger partial charge in [-0.05, 0) is 90.9 Å². The Labute approximate surface area is 131 Å². The number of nitrogens with zero attached hydrogens (tertiary/aromatic N) is 2. The van der Waals surface area contributed by atoms with E-state index in [0.717, 1.165) is 24.0 Å². The van der Waals surface area contributed by atoms with Gasteiger partial charge < -0.3 is 10.2 Å². The summed E-state index contributed by atoms with van der Waals surface area (Å²) >= 11 is 0. The van der Waals surface area contributed by atoms with Gasteiger partial charge in [0.15, 0.2) is 0 Å². The second-order valence-corrected chi connectivity index (χ2v) is 7.84. The Morgan fingerprint density at radius 3 is 2.33 bits per heavy atom. The summed E-state index contributed by atoms with van der Waals surface area (Å²) in [6, 6.07) is 2.54. The van der Waals surface area contributed by atoms with Crippen molar-refractivity contribution in [3.05, 3.63) is 0 Å². The first-order valence-corrected chi connectivity index (χ1v) is 9.44. The van der Waals surface area contributed by atoms with E-state index in [2.05, 4.69) is 29.0 Å². The summed E-state index contributed by atoms with van der Waals surface area (Å²) in [5.74, 6) is 0.955. The van der Waals surface area contributed by atoms with Crippen LogP contribution < -0.4 is 5.32 Å². The number of nitrogens with one attached hydrogen (secondary N) is 1. The summed E-state index contributed by atoms with van der Waals surface area (Å²) in [7, 11) is 0. The minimum atomic E-state index is 0.725. The second kappa shape index (κ2) is 7.43. The molecule has 3 heteroatoms. The largest absolute Gasteiger partial charge is 0.317 e. The zero-order valence-electron chi connectivity index (χ0n) is 14.2. The van der Waals surface area contributed by atoms with Crippen molar-refractivity contribution in [1.29, 1.82) is 0 Å². The number of hydrogen-bond acceptors (Lipinski definition) is 3. The first-order chi connectivity index (χ1) is 10.2. The molecular weight excluding hydrogens is 258 g/mol. The van der Waals surface area contributed by atoms with Gasteiger partial charge in [-0.1, -0.05) is 0 Å². The number of rotatable bonds is 5.